The minimum Gasteiger partial charge on any atom is -0.496 e. The average molecular weight is 451 g/mol. The van der Waals surface area contributed by atoms with Gasteiger partial charge in [-0.1, -0.05) is 23.7 Å². The van der Waals surface area contributed by atoms with Crippen LogP contribution in [0.3, 0.4) is 0 Å². The van der Waals surface area contributed by atoms with Crippen molar-refractivity contribution in [3.8, 4) is 5.75 Å². The second kappa shape index (κ2) is 9.10. The van der Waals surface area contributed by atoms with Crippen LogP contribution in [0.1, 0.15) is 5.56 Å². The van der Waals surface area contributed by atoms with E-state index in [2.05, 4.69) is 20.7 Å². The predicted molar refractivity (Wildman–Crippen MR) is 103 cm³/mol. The van der Waals surface area contributed by atoms with Crippen molar-refractivity contribution in [3.63, 3.8) is 0 Å². The molecule has 0 bridgehead atoms. The molecule has 2 aromatic rings. The molecule has 2 aromatic carbocycles. The van der Waals surface area contributed by atoms with Gasteiger partial charge in [0.2, 0.25) is 10.0 Å². The van der Waals surface area contributed by atoms with E-state index in [0.717, 1.165) is 11.3 Å². The third-order valence-corrected chi connectivity index (χ3v) is 6.51. The Morgan fingerprint density at radius 2 is 1.92 bits per heavy atom. The molecule has 4 nitrogen and oxygen atoms in total. The van der Waals surface area contributed by atoms with Crippen molar-refractivity contribution >= 4 is 49.3 Å². The molecular weight excluding hydrogens is 434 g/mol. The Morgan fingerprint density at radius 3 is 2.54 bits per heavy atom. The molecule has 24 heavy (non-hydrogen) atoms. The number of nitrogens with one attached hydrogen (secondary N) is 1. The van der Waals surface area contributed by atoms with Crippen LogP contribution in [-0.2, 0) is 15.8 Å². The minimum atomic E-state index is -3.52. The third kappa shape index (κ3) is 5.67. The van der Waals surface area contributed by atoms with Gasteiger partial charge in [0.25, 0.3) is 0 Å². The molecule has 2 rings (SSSR count). The van der Waals surface area contributed by atoms with Crippen LogP contribution in [0, 0.1) is 0 Å². The van der Waals surface area contributed by atoms with Gasteiger partial charge in [-0.3, -0.25) is 0 Å². The van der Waals surface area contributed by atoms with Crippen molar-refractivity contribution < 1.29 is 13.2 Å². The zero-order chi connectivity index (χ0) is 17.6. The molecule has 130 valence electrons. The maximum Gasteiger partial charge on any atom is 0.240 e. The number of hydrogen-bond donors (Lipinski definition) is 1. The summed E-state index contributed by atoms with van der Waals surface area (Å²) in [5.41, 5.74) is 1.16. The van der Waals surface area contributed by atoms with Crippen LogP contribution in [0.15, 0.2) is 51.8 Å². The van der Waals surface area contributed by atoms with E-state index in [0.29, 0.717) is 27.5 Å². The Bertz CT molecular complexity index is 782. The van der Waals surface area contributed by atoms with Crippen LogP contribution >= 0.6 is 39.3 Å². The van der Waals surface area contributed by atoms with Crippen molar-refractivity contribution in [1.82, 2.24) is 4.72 Å². The van der Waals surface area contributed by atoms with Gasteiger partial charge in [-0.15, -0.1) is 0 Å². The van der Waals surface area contributed by atoms with Crippen LogP contribution in [0.5, 0.6) is 5.75 Å². The molecule has 8 heteroatoms. The van der Waals surface area contributed by atoms with Gasteiger partial charge in [-0.2, -0.15) is 11.8 Å². The van der Waals surface area contributed by atoms with Crippen LogP contribution in [-0.4, -0.2) is 27.8 Å². The van der Waals surface area contributed by atoms with E-state index < -0.39 is 10.0 Å². The largest absolute Gasteiger partial charge is 0.496 e. The highest BCUT2D eigenvalue weighted by Gasteiger charge is 2.15. The van der Waals surface area contributed by atoms with Gasteiger partial charge < -0.3 is 4.74 Å². The number of methoxy groups -OCH3 is 1. The summed E-state index contributed by atoms with van der Waals surface area (Å²) >= 11 is 10.8. The highest BCUT2D eigenvalue weighted by atomic mass is 79.9. The highest BCUT2D eigenvalue weighted by Crippen LogP contribution is 2.27. The lowest BCUT2D eigenvalue weighted by Gasteiger charge is -2.09. The molecule has 0 amide bonds. The number of thioether (sulfide) groups is 1. The van der Waals surface area contributed by atoms with Crippen molar-refractivity contribution in [1.29, 1.82) is 0 Å². The Kier molecular flexibility index (Phi) is 7.43. The Balaban J connectivity index is 1.82. The predicted octanol–water partition coefficient (Wildman–Crippen LogP) is 4.32. The number of hydrogen-bond acceptors (Lipinski definition) is 4. The second-order valence-electron chi connectivity index (χ2n) is 4.87. The summed E-state index contributed by atoms with van der Waals surface area (Å²) in [4.78, 5) is 0.206. The quantitative estimate of drug-likeness (QED) is 0.608. The first-order valence-electron chi connectivity index (χ1n) is 7.08. The van der Waals surface area contributed by atoms with Crippen molar-refractivity contribution in [2.24, 2.45) is 0 Å². The second-order valence-corrected chi connectivity index (χ2v) is 9.04. The summed E-state index contributed by atoms with van der Waals surface area (Å²) in [5, 5.41) is 0.710. The Hall–Kier alpha value is -0.730. The van der Waals surface area contributed by atoms with Gasteiger partial charge in [0, 0.05) is 23.1 Å². The summed E-state index contributed by atoms with van der Waals surface area (Å²) in [6.07, 6.45) is 0. The van der Waals surface area contributed by atoms with Crippen LogP contribution in [0.2, 0.25) is 5.02 Å². The van der Waals surface area contributed by atoms with Gasteiger partial charge in [-0.05, 0) is 51.8 Å². The van der Waals surface area contributed by atoms with Gasteiger partial charge >= 0.3 is 0 Å². The number of rotatable bonds is 8. The lowest BCUT2D eigenvalue weighted by molar-refractivity contribution is 0.411. The monoisotopic (exact) mass is 449 g/mol. The molecule has 0 saturated heterocycles. The third-order valence-electron chi connectivity index (χ3n) is 3.15. The topological polar surface area (TPSA) is 55.4 Å². The number of sulfonamides is 1. The van der Waals surface area contributed by atoms with Crippen LogP contribution < -0.4 is 9.46 Å². The van der Waals surface area contributed by atoms with E-state index in [4.69, 9.17) is 16.3 Å². The molecule has 0 aromatic heterocycles. The fourth-order valence-corrected chi connectivity index (χ4v) is 4.74. The number of ether oxygens (including phenoxy) is 1. The summed E-state index contributed by atoms with van der Waals surface area (Å²) < 4.78 is 32.8. The summed E-state index contributed by atoms with van der Waals surface area (Å²) in [7, 11) is -1.99. The van der Waals surface area contributed by atoms with Gasteiger partial charge in [0.05, 0.1) is 16.5 Å². The lowest BCUT2D eigenvalue weighted by Crippen LogP contribution is -2.26. The zero-order valence-electron chi connectivity index (χ0n) is 13.0. The van der Waals surface area contributed by atoms with Gasteiger partial charge in [0.15, 0.2) is 0 Å². The first-order chi connectivity index (χ1) is 11.4. The van der Waals surface area contributed by atoms with E-state index in [1.807, 2.05) is 24.3 Å². The molecule has 0 atom stereocenters. The first-order valence-corrected chi connectivity index (χ1v) is 10.9. The smallest absolute Gasteiger partial charge is 0.240 e. The molecule has 0 radical (unpaired) electrons. The summed E-state index contributed by atoms with van der Waals surface area (Å²) in [6, 6.07) is 12.3. The Labute approximate surface area is 160 Å². The summed E-state index contributed by atoms with van der Waals surface area (Å²) in [5.74, 6) is 2.08. The highest BCUT2D eigenvalue weighted by molar-refractivity contribution is 9.10. The fraction of sp³-hybridized carbons (Fsp3) is 0.250. The molecule has 1 N–H and O–H groups in total. The van der Waals surface area contributed by atoms with E-state index in [1.165, 1.54) is 19.2 Å². The maximum atomic E-state index is 12.3. The summed E-state index contributed by atoms with van der Waals surface area (Å²) in [6.45, 7) is 0.365. The lowest BCUT2D eigenvalue weighted by atomic mass is 10.2. The standard InChI is InChI=1S/C16H17BrClNO3S2/c1-22-16-7-6-14(10-15(16)17)24(20,21)19-8-9-23-11-12-2-4-13(18)5-3-12/h2-7,10,19H,8-9,11H2,1H3. The van der Waals surface area contributed by atoms with Gasteiger partial charge in [0.1, 0.15) is 5.75 Å². The molecule has 0 fully saturated rings. The van der Waals surface area contributed by atoms with Crippen LogP contribution in [0.25, 0.3) is 0 Å². The molecule has 0 aliphatic rings. The number of halogens is 2. The molecule has 0 heterocycles. The zero-order valence-corrected chi connectivity index (χ0v) is 16.9. The normalized spacial score (nSPS) is 11.5. The maximum absolute atomic E-state index is 12.3. The van der Waals surface area contributed by atoms with Gasteiger partial charge in [-0.25, -0.2) is 13.1 Å². The van der Waals surface area contributed by atoms with Crippen LogP contribution in [0.4, 0.5) is 0 Å². The first kappa shape index (κ1) is 19.6. The fourth-order valence-electron chi connectivity index (χ4n) is 1.92. The van der Waals surface area contributed by atoms with Crippen molar-refractivity contribution in [2.45, 2.75) is 10.6 Å². The van der Waals surface area contributed by atoms with E-state index >= 15 is 0 Å². The molecule has 0 aliphatic heterocycles. The van der Waals surface area contributed by atoms with E-state index in [9.17, 15) is 8.42 Å². The molecule has 0 unspecified atom stereocenters. The molecule has 0 aliphatic carbocycles. The minimum absolute atomic E-state index is 0.206. The van der Waals surface area contributed by atoms with E-state index in [1.54, 1.807) is 17.8 Å². The average Bonchev–Trinajstić information content (AvgIpc) is 2.56. The molecule has 0 spiro atoms. The number of benzene rings is 2. The van der Waals surface area contributed by atoms with Crippen molar-refractivity contribution in [2.75, 3.05) is 19.4 Å². The van der Waals surface area contributed by atoms with Crippen molar-refractivity contribution in [3.05, 3.63) is 57.5 Å². The molecular formula is C16H17BrClNO3S2. The van der Waals surface area contributed by atoms with E-state index in [-0.39, 0.29) is 4.90 Å². The SMILES string of the molecule is COc1ccc(S(=O)(=O)NCCSCc2ccc(Cl)cc2)cc1Br. The molecule has 0 saturated carbocycles. The Morgan fingerprint density at radius 1 is 1.21 bits per heavy atom.